The van der Waals surface area contributed by atoms with Crippen LogP contribution in [-0.2, 0) is 16.1 Å². The van der Waals surface area contributed by atoms with Gasteiger partial charge < -0.3 is 29.9 Å². The number of carbonyl (C=O) groups is 3. The van der Waals surface area contributed by atoms with Crippen molar-refractivity contribution in [3.05, 3.63) is 59.7 Å². The zero-order valence-corrected chi connectivity index (χ0v) is 19.7. The van der Waals surface area contributed by atoms with Crippen LogP contribution in [0.5, 0.6) is 5.75 Å². The number of amides is 3. The molecule has 9 heteroatoms. The number of ether oxygens (including phenoxy) is 2. The monoisotopic (exact) mass is 468 g/mol. The average Bonchev–Trinajstić information content (AvgIpc) is 2.86. The molecule has 1 aliphatic rings. The van der Waals surface area contributed by atoms with Gasteiger partial charge in [-0.3, -0.25) is 9.59 Å². The predicted molar refractivity (Wildman–Crippen MR) is 129 cm³/mol. The minimum Gasteiger partial charge on any atom is -0.495 e. The lowest BCUT2D eigenvalue weighted by Crippen LogP contribution is -2.47. The summed E-state index contributed by atoms with van der Waals surface area (Å²) < 4.78 is 10.5. The van der Waals surface area contributed by atoms with E-state index in [1.54, 1.807) is 18.2 Å². The molecule has 3 rings (SSSR count). The van der Waals surface area contributed by atoms with Crippen LogP contribution in [0.3, 0.4) is 0 Å². The molecule has 2 aromatic rings. The number of nitrogens with one attached hydrogen (secondary N) is 2. The summed E-state index contributed by atoms with van der Waals surface area (Å²) in [6, 6.07) is 14.4. The molecule has 1 fully saturated rings. The Bertz CT molecular complexity index is 975. The summed E-state index contributed by atoms with van der Waals surface area (Å²) >= 11 is 0. The number of hydrogen-bond acceptors (Lipinski definition) is 6. The van der Waals surface area contributed by atoms with Crippen molar-refractivity contribution in [3.63, 3.8) is 0 Å². The van der Waals surface area contributed by atoms with Crippen LogP contribution < -0.4 is 15.4 Å². The number of anilines is 1. The molecule has 3 amide bonds. The number of rotatable bonds is 9. The lowest BCUT2D eigenvalue weighted by atomic mass is 10.1. The van der Waals surface area contributed by atoms with E-state index in [-0.39, 0.29) is 24.8 Å². The summed E-state index contributed by atoms with van der Waals surface area (Å²) in [6.07, 6.45) is 0.105. The number of hydrogen-bond donors (Lipinski definition) is 2. The highest BCUT2D eigenvalue weighted by Crippen LogP contribution is 2.26. The van der Waals surface area contributed by atoms with Crippen LogP contribution in [0.4, 0.5) is 10.5 Å². The second-order valence-electron chi connectivity index (χ2n) is 8.15. The van der Waals surface area contributed by atoms with Crippen LogP contribution in [0.2, 0.25) is 0 Å². The first kappa shape index (κ1) is 25.0. The van der Waals surface area contributed by atoms with E-state index in [1.807, 2.05) is 42.3 Å². The Morgan fingerprint density at radius 1 is 1.00 bits per heavy atom. The zero-order valence-electron chi connectivity index (χ0n) is 19.7. The Morgan fingerprint density at radius 3 is 2.44 bits per heavy atom. The Hall–Kier alpha value is -3.59. The normalized spacial score (nSPS) is 13.8. The van der Waals surface area contributed by atoms with E-state index in [0.717, 1.165) is 18.7 Å². The Labute approximate surface area is 200 Å². The molecular formula is C25H32N4O5. The average molecular weight is 469 g/mol. The third-order valence-electron chi connectivity index (χ3n) is 5.57. The quantitative estimate of drug-likeness (QED) is 0.549. The summed E-state index contributed by atoms with van der Waals surface area (Å²) in [4.78, 5) is 41.1. The molecule has 0 unspecified atom stereocenters. The number of benzene rings is 2. The van der Waals surface area contributed by atoms with Gasteiger partial charge in [0.1, 0.15) is 12.4 Å². The Balaban J connectivity index is 1.44. The van der Waals surface area contributed by atoms with Gasteiger partial charge in [-0.1, -0.05) is 30.3 Å². The van der Waals surface area contributed by atoms with Gasteiger partial charge in [0.15, 0.2) is 0 Å². The Kier molecular flexibility index (Phi) is 9.28. The van der Waals surface area contributed by atoms with Crippen LogP contribution in [0.1, 0.15) is 28.8 Å². The molecule has 2 N–H and O–H groups in total. The van der Waals surface area contributed by atoms with Crippen LogP contribution in [0.25, 0.3) is 0 Å². The standard InChI is InChI=1S/C25H32N4O5/c1-28-13-15-29(16-14-28)24(31)20-10-11-22(33-2)21(17-20)27-23(30)9-6-12-26-25(32)34-18-19-7-4-3-5-8-19/h3-5,7-8,10-11,17H,6,9,12-16,18H2,1-2H3,(H,26,32)(H,27,30). The number of carbonyl (C=O) groups excluding carboxylic acids is 3. The second kappa shape index (κ2) is 12.6. The van der Waals surface area contributed by atoms with Crippen LogP contribution >= 0.6 is 0 Å². The van der Waals surface area contributed by atoms with Crippen molar-refractivity contribution in [2.45, 2.75) is 19.4 Å². The number of nitrogens with zero attached hydrogens (tertiary/aromatic N) is 2. The molecule has 0 spiro atoms. The Morgan fingerprint density at radius 2 is 1.74 bits per heavy atom. The van der Waals surface area contributed by atoms with Crippen LogP contribution in [0.15, 0.2) is 48.5 Å². The van der Waals surface area contributed by atoms with Gasteiger partial charge in [0, 0.05) is 44.7 Å². The van der Waals surface area contributed by atoms with Crippen LogP contribution in [0, 0.1) is 0 Å². The lowest BCUT2D eigenvalue weighted by Gasteiger charge is -2.32. The largest absolute Gasteiger partial charge is 0.495 e. The number of likely N-dealkylation sites (N-methyl/N-ethyl adjacent to an activating group) is 1. The van der Waals surface area contributed by atoms with E-state index in [2.05, 4.69) is 15.5 Å². The highest BCUT2D eigenvalue weighted by Gasteiger charge is 2.21. The van der Waals surface area contributed by atoms with Crippen molar-refractivity contribution in [1.29, 1.82) is 0 Å². The van der Waals surface area contributed by atoms with Gasteiger partial charge in [-0.2, -0.15) is 0 Å². The zero-order chi connectivity index (χ0) is 24.3. The fourth-order valence-corrected chi connectivity index (χ4v) is 3.56. The van der Waals surface area contributed by atoms with E-state index in [1.165, 1.54) is 7.11 Å². The van der Waals surface area contributed by atoms with Crippen molar-refractivity contribution in [2.24, 2.45) is 0 Å². The van der Waals surface area contributed by atoms with Crippen LogP contribution in [-0.4, -0.2) is 74.6 Å². The summed E-state index contributed by atoms with van der Waals surface area (Å²) in [5, 5.41) is 5.45. The summed E-state index contributed by atoms with van der Waals surface area (Å²) in [7, 11) is 3.55. The molecule has 0 radical (unpaired) electrons. The predicted octanol–water partition coefficient (Wildman–Crippen LogP) is 2.73. The summed E-state index contributed by atoms with van der Waals surface area (Å²) in [5.74, 6) is 0.178. The first-order valence-corrected chi connectivity index (χ1v) is 11.4. The van der Waals surface area contributed by atoms with E-state index >= 15 is 0 Å². The highest BCUT2D eigenvalue weighted by molar-refractivity contribution is 5.98. The van der Waals surface area contributed by atoms with Crippen molar-refractivity contribution < 1.29 is 23.9 Å². The molecule has 0 aliphatic carbocycles. The van der Waals surface area contributed by atoms with Gasteiger partial charge in [0.25, 0.3) is 5.91 Å². The first-order chi connectivity index (χ1) is 16.5. The maximum atomic E-state index is 12.9. The maximum absolute atomic E-state index is 12.9. The molecule has 182 valence electrons. The molecule has 9 nitrogen and oxygen atoms in total. The minimum absolute atomic E-state index is 0.0653. The fraction of sp³-hybridized carbons (Fsp3) is 0.400. The van der Waals surface area contributed by atoms with E-state index in [9.17, 15) is 14.4 Å². The highest BCUT2D eigenvalue weighted by atomic mass is 16.5. The smallest absolute Gasteiger partial charge is 0.407 e. The molecule has 34 heavy (non-hydrogen) atoms. The fourth-order valence-electron chi connectivity index (χ4n) is 3.56. The van der Waals surface area contributed by atoms with Crippen molar-refractivity contribution in [2.75, 3.05) is 52.2 Å². The topological polar surface area (TPSA) is 100 Å². The van der Waals surface area contributed by atoms with Crippen molar-refractivity contribution >= 4 is 23.6 Å². The third-order valence-corrected chi connectivity index (χ3v) is 5.57. The van der Waals surface area contributed by atoms with E-state index in [4.69, 9.17) is 9.47 Å². The van der Waals surface area contributed by atoms with Gasteiger partial charge in [0.05, 0.1) is 12.8 Å². The molecular weight excluding hydrogens is 436 g/mol. The molecule has 1 saturated heterocycles. The van der Waals surface area contributed by atoms with E-state index in [0.29, 0.717) is 43.1 Å². The minimum atomic E-state index is -0.527. The van der Waals surface area contributed by atoms with Gasteiger partial charge in [-0.25, -0.2) is 4.79 Å². The molecule has 1 heterocycles. The molecule has 0 atom stereocenters. The lowest BCUT2D eigenvalue weighted by molar-refractivity contribution is -0.116. The van der Waals surface area contributed by atoms with Gasteiger partial charge in [0.2, 0.25) is 5.91 Å². The summed E-state index contributed by atoms with van der Waals surface area (Å²) in [6.45, 7) is 3.50. The van der Waals surface area contributed by atoms with Gasteiger partial charge >= 0.3 is 6.09 Å². The molecule has 0 aromatic heterocycles. The summed E-state index contributed by atoms with van der Waals surface area (Å²) in [5.41, 5.74) is 1.85. The van der Waals surface area contributed by atoms with Gasteiger partial charge in [-0.15, -0.1) is 0 Å². The molecule has 0 bridgehead atoms. The maximum Gasteiger partial charge on any atom is 0.407 e. The first-order valence-electron chi connectivity index (χ1n) is 11.4. The number of alkyl carbamates (subject to hydrolysis) is 1. The SMILES string of the molecule is COc1ccc(C(=O)N2CCN(C)CC2)cc1NC(=O)CCCNC(=O)OCc1ccccc1. The van der Waals surface area contributed by atoms with Crippen molar-refractivity contribution in [1.82, 2.24) is 15.1 Å². The molecule has 0 saturated carbocycles. The molecule has 1 aliphatic heterocycles. The third kappa shape index (κ3) is 7.48. The number of piperazine rings is 1. The molecule has 2 aromatic carbocycles. The van der Waals surface area contributed by atoms with Gasteiger partial charge in [-0.05, 0) is 37.2 Å². The van der Waals surface area contributed by atoms with E-state index < -0.39 is 6.09 Å². The van der Waals surface area contributed by atoms with Crippen molar-refractivity contribution in [3.8, 4) is 5.75 Å². The number of methoxy groups -OCH3 is 1. The second-order valence-corrected chi connectivity index (χ2v) is 8.15.